The molecular weight excluding hydrogens is 511 g/mol. The number of nitrogen functional groups attached to an aromatic ring is 1. The van der Waals surface area contributed by atoms with Gasteiger partial charge in [0.15, 0.2) is 0 Å². The van der Waals surface area contributed by atoms with Crippen molar-refractivity contribution in [3.63, 3.8) is 0 Å². The Labute approximate surface area is 220 Å². The average Bonchev–Trinajstić information content (AvgIpc) is 3.54. The first kappa shape index (κ1) is 25.4. The molecule has 0 saturated carbocycles. The van der Waals surface area contributed by atoms with Gasteiger partial charge in [-0.15, -0.1) is 0 Å². The number of aromatic nitrogens is 6. The number of nitrogens with zero attached hydrogens (tertiary/aromatic N) is 6. The summed E-state index contributed by atoms with van der Waals surface area (Å²) in [6.45, 7) is 3.45. The third-order valence-electron chi connectivity index (χ3n) is 5.95. The molecule has 0 aliphatic carbocycles. The molecule has 5 aromatic rings. The maximum absolute atomic E-state index is 13.9. The number of alkyl halides is 3. The number of hydrogen-bond acceptors (Lipinski definition) is 7. The predicted molar refractivity (Wildman–Crippen MR) is 139 cm³/mol. The number of benzene rings is 2. The standard InChI is InChI=1S/C26H22F3N9O/c1-15-3-5-18(12-20(15)36-25-32-8-10-38(25)23-13-22(30)33-14-34-23)35-24(39)17-4-6-21(19(11-17)26(27,28)29)37-9-7-31-16(37)2/h3-14H,1-2H3,(H,32,36)(H,35,39)(H2,30,33,34). The van der Waals surface area contributed by atoms with E-state index in [0.29, 0.717) is 34.8 Å². The lowest BCUT2D eigenvalue weighted by atomic mass is 10.1. The zero-order valence-corrected chi connectivity index (χ0v) is 20.7. The number of imidazole rings is 2. The van der Waals surface area contributed by atoms with E-state index in [1.807, 2.05) is 6.92 Å². The van der Waals surface area contributed by atoms with Crippen LogP contribution in [0.4, 0.5) is 36.3 Å². The van der Waals surface area contributed by atoms with E-state index in [2.05, 4.69) is 30.6 Å². The molecule has 0 aliphatic rings. The maximum Gasteiger partial charge on any atom is 0.418 e. The van der Waals surface area contributed by atoms with Gasteiger partial charge >= 0.3 is 6.18 Å². The summed E-state index contributed by atoms with van der Waals surface area (Å²) >= 11 is 0. The summed E-state index contributed by atoms with van der Waals surface area (Å²) in [6.07, 6.45) is 2.77. The van der Waals surface area contributed by atoms with Crippen molar-refractivity contribution in [1.82, 2.24) is 29.1 Å². The molecule has 0 radical (unpaired) electrons. The minimum atomic E-state index is -4.68. The van der Waals surface area contributed by atoms with Crippen molar-refractivity contribution in [3.05, 3.63) is 96.1 Å². The number of rotatable bonds is 6. The number of carbonyl (C=O) groups excluding carboxylic acids is 1. The molecule has 0 spiro atoms. The van der Waals surface area contributed by atoms with E-state index in [-0.39, 0.29) is 11.3 Å². The molecule has 0 aliphatic heterocycles. The van der Waals surface area contributed by atoms with Gasteiger partial charge in [-0.25, -0.2) is 19.9 Å². The van der Waals surface area contributed by atoms with Gasteiger partial charge in [-0.05, 0) is 49.7 Å². The van der Waals surface area contributed by atoms with Crippen LogP contribution < -0.4 is 16.4 Å². The highest BCUT2D eigenvalue weighted by atomic mass is 19.4. The quantitative estimate of drug-likeness (QED) is 0.278. The van der Waals surface area contributed by atoms with Gasteiger partial charge < -0.3 is 20.9 Å². The molecule has 0 fully saturated rings. The Balaban J connectivity index is 1.40. The van der Waals surface area contributed by atoms with E-state index >= 15 is 0 Å². The fraction of sp³-hybridized carbons (Fsp3) is 0.115. The summed E-state index contributed by atoms with van der Waals surface area (Å²) in [5.41, 5.74) is 6.39. The molecular formula is C26H22F3N9O. The first-order valence-electron chi connectivity index (χ1n) is 11.6. The van der Waals surface area contributed by atoms with E-state index in [0.717, 1.165) is 11.6 Å². The summed E-state index contributed by atoms with van der Waals surface area (Å²) in [7, 11) is 0. The number of nitrogens with one attached hydrogen (secondary N) is 2. The summed E-state index contributed by atoms with van der Waals surface area (Å²) in [6, 6.07) is 10.1. The highest BCUT2D eigenvalue weighted by Gasteiger charge is 2.35. The van der Waals surface area contributed by atoms with Gasteiger partial charge in [0.25, 0.3) is 5.91 Å². The number of anilines is 4. The second-order valence-corrected chi connectivity index (χ2v) is 8.60. The number of nitrogens with two attached hydrogens (primary N) is 1. The van der Waals surface area contributed by atoms with Crippen molar-refractivity contribution in [1.29, 1.82) is 0 Å². The smallest absolute Gasteiger partial charge is 0.384 e. The van der Waals surface area contributed by atoms with Crippen LogP contribution in [0.2, 0.25) is 0 Å². The predicted octanol–water partition coefficient (Wildman–Crippen LogP) is 5.06. The molecule has 0 saturated heterocycles. The molecule has 0 unspecified atom stereocenters. The third kappa shape index (κ3) is 5.28. The Morgan fingerprint density at radius 2 is 1.69 bits per heavy atom. The summed E-state index contributed by atoms with van der Waals surface area (Å²) in [4.78, 5) is 29.4. The molecule has 39 heavy (non-hydrogen) atoms. The van der Waals surface area contributed by atoms with Gasteiger partial charge in [-0.3, -0.25) is 9.36 Å². The van der Waals surface area contributed by atoms with Crippen molar-refractivity contribution >= 4 is 29.0 Å². The highest BCUT2D eigenvalue weighted by molar-refractivity contribution is 6.04. The van der Waals surface area contributed by atoms with Crippen molar-refractivity contribution in [2.75, 3.05) is 16.4 Å². The lowest BCUT2D eigenvalue weighted by molar-refractivity contribution is -0.137. The van der Waals surface area contributed by atoms with Crippen LogP contribution in [0.1, 0.15) is 27.3 Å². The topological polar surface area (TPSA) is 129 Å². The van der Waals surface area contributed by atoms with Gasteiger partial charge in [0.2, 0.25) is 5.95 Å². The molecule has 13 heteroatoms. The molecule has 2 aromatic carbocycles. The van der Waals surface area contributed by atoms with Crippen molar-refractivity contribution in [3.8, 4) is 11.5 Å². The molecule has 5 rings (SSSR count). The lowest BCUT2D eigenvalue weighted by Gasteiger charge is -2.16. The van der Waals surface area contributed by atoms with Crippen LogP contribution in [0.15, 0.2) is 73.6 Å². The Morgan fingerprint density at radius 3 is 2.41 bits per heavy atom. The van der Waals surface area contributed by atoms with Gasteiger partial charge in [-0.1, -0.05) is 6.07 Å². The first-order valence-corrected chi connectivity index (χ1v) is 11.6. The fourth-order valence-electron chi connectivity index (χ4n) is 3.98. The molecule has 3 aromatic heterocycles. The Morgan fingerprint density at radius 1 is 0.923 bits per heavy atom. The Hall–Kier alpha value is -5.20. The van der Waals surface area contributed by atoms with Gasteiger partial charge in [0.1, 0.15) is 23.8 Å². The average molecular weight is 534 g/mol. The first-order chi connectivity index (χ1) is 18.6. The minimum Gasteiger partial charge on any atom is -0.384 e. The van der Waals surface area contributed by atoms with Gasteiger partial charge in [0, 0.05) is 47.8 Å². The van der Waals surface area contributed by atoms with E-state index in [1.165, 1.54) is 35.4 Å². The Kier molecular flexibility index (Phi) is 6.48. The van der Waals surface area contributed by atoms with Gasteiger partial charge in [-0.2, -0.15) is 13.2 Å². The molecule has 3 heterocycles. The van der Waals surface area contributed by atoms with Crippen LogP contribution in [-0.2, 0) is 6.18 Å². The number of hydrogen-bond donors (Lipinski definition) is 3. The van der Waals surface area contributed by atoms with Crippen molar-refractivity contribution < 1.29 is 18.0 Å². The van der Waals surface area contributed by atoms with Crippen molar-refractivity contribution in [2.24, 2.45) is 0 Å². The van der Waals surface area contributed by atoms with Crippen LogP contribution >= 0.6 is 0 Å². The van der Waals surface area contributed by atoms with Crippen LogP contribution in [0.3, 0.4) is 0 Å². The zero-order valence-electron chi connectivity index (χ0n) is 20.7. The number of amides is 1. The normalized spacial score (nSPS) is 11.4. The summed E-state index contributed by atoms with van der Waals surface area (Å²) in [5.74, 6) is 0.921. The SMILES string of the molecule is Cc1ccc(NC(=O)c2ccc(-n3ccnc3C)c(C(F)(F)F)c2)cc1Nc1nccn1-c1cc(N)ncn1. The largest absolute Gasteiger partial charge is 0.418 e. The third-order valence-corrected chi connectivity index (χ3v) is 5.95. The molecule has 0 atom stereocenters. The van der Waals surface area contributed by atoms with Crippen LogP contribution in [0.5, 0.6) is 0 Å². The molecule has 4 N–H and O–H groups in total. The van der Waals surface area contributed by atoms with Crippen LogP contribution in [0.25, 0.3) is 11.5 Å². The second kappa shape index (κ2) is 9.93. The fourth-order valence-corrected chi connectivity index (χ4v) is 3.98. The molecule has 198 valence electrons. The zero-order chi connectivity index (χ0) is 27.7. The van der Waals surface area contributed by atoms with Crippen LogP contribution in [-0.4, -0.2) is 35.0 Å². The minimum absolute atomic E-state index is 0.114. The van der Waals surface area contributed by atoms with Crippen LogP contribution in [0, 0.1) is 13.8 Å². The molecule has 10 nitrogen and oxygen atoms in total. The van der Waals surface area contributed by atoms with E-state index in [4.69, 9.17) is 5.73 Å². The second-order valence-electron chi connectivity index (χ2n) is 8.60. The van der Waals surface area contributed by atoms with Gasteiger partial charge in [0.05, 0.1) is 11.3 Å². The lowest BCUT2D eigenvalue weighted by Crippen LogP contribution is -2.16. The van der Waals surface area contributed by atoms with E-state index < -0.39 is 17.6 Å². The summed E-state index contributed by atoms with van der Waals surface area (Å²) in [5, 5.41) is 5.87. The number of carbonyl (C=O) groups is 1. The maximum atomic E-state index is 13.9. The number of halogens is 3. The molecule has 1 amide bonds. The van der Waals surface area contributed by atoms with Crippen molar-refractivity contribution in [2.45, 2.75) is 20.0 Å². The molecule has 0 bridgehead atoms. The Bertz CT molecular complexity index is 1670. The summed E-state index contributed by atoms with van der Waals surface area (Å²) < 4.78 is 44.7. The number of aryl methyl sites for hydroxylation is 2. The van der Waals surface area contributed by atoms with E-state index in [9.17, 15) is 18.0 Å². The highest BCUT2D eigenvalue weighted by Crippen LogP contribution is 2.35. The monoisotopic (exact) mass is 533 g/mol. The van der Waals surface area contributed by atoms with E-state index in [1.54, 1.807) is 48.1 Å².